The van der Waals surface area contributed by atoms with Gasteiger partial charge in [0, 0.05) is 29.5 Å². The second kappa shape index (κ2) is 7.57. The van der Waals surface area contributed by atoms with Gasteiger partial charge in [0.05, 0.1) is 5.69 Å². The number of pyridine rings is 2. The molecule has 0 aliphatic heterocycles. The third-order valence-electron chi connectivity index (χ3n) is 3.48. The molecule has 0 saturated carbocycles. The lowest BCUT2D eigenvalue weighted by atomic mass is 10.1. The van der Waals surface area contributed by atoms with E-state index >= 15 is 0 Å². The SMILES string of the molecule is Cl.O=C(C[n+]1ccc(-c2ccccn2)cc1)c1ccc(O)c(O)c1. The van der Waals surface area contributed by atoms with E-state index in [2.05, 4.69) is 4.98 Å². The molecule has 0 bridgehead atoms. The largest absolute Gasteiger partial charge is 0.504 e. The number of ketones is 1. The molecule has 5 nitrogen and oxygen atoms in total. The molecule has 6 heteroatoms. The Balaban J connectivity index is 0.00000208. The zero-order chi connectivity index (χ0) is 16.2. The van der Waals surface area contributed by atoms with Gasteiger partial charge in [0.1, 0.15) is 0 Å². The first-order valence-electron chi connectivity index (χ1n) is 7.09. The number of benzene rings is 1. The van der Waals surface area contributed by atoms with Crippen molar-refractivity contribution in [1.29, 1.82) is 0 Å². The number of carbonyl (C=O) groups is 1. The van der Waals surface area contributed by atoms with Crippen LogP contribution in [0.5, 0.6) is 11.5 Å². The average Bonchev–Trinajstić information content (AvgIpc) is 2.59. The van der Waals surface area contributed by atoms with Gasteiger partial charge >= 0.3 is 0 Å². The predicted molar refractivity (Wildman–Crippen MR) is 91.2 cm³/mol. The molecule has 0 saturated heterocycles. The summed E-state index contributed by atoms with van der Waals surface area (Å²) in [5.41, 5.74) is 2.19. The summed E-state index contributed by atoms with van der Waals surface area (Å²) >= 11 is 0. The van der Waals surface area contributed by atoms with E-state index in [9.17, 15) is 15.0 Å². The standard InChI is InChI=1S/C18H14N2O3.ClH/c21-16-5-4-14(11-17(16)22)18(23)12-20-9-6-13(7-10-20)15-3-1-2-8-19-15;/h1-11,19H,12H2;1H/p+1. The van der Waals surface area contributed by atoms with E-state index in [1.54, 1.807) is 10.8 Å². The van der Waals surface area contributed by atoms with Gasteiger partial charge in [-0.05, 0) is 30.3 Å². The van der Waals surface area contributed by atoms with Gasteiger partial charge in [0.25, 0.3) is 0 Å². The molecule has 0 fully saturated rings. The Kier molecular flexibility index (Phi) is 5.50. The number of hydrogen-bond acceptors (Lipinski definition) is 4. The maximum absolute atomic E-state index is 12.2. The molecule has 0 atom stereocenters. The summed E-state index contributed by atoms with van der Waals surface area (Å²) in [7, 11) is 0. The van der Waals surface area contributed by atoms with Crippen LogP contribution >= 0.6 is 12.4 Å². The van der Waals surface area contributed by atoms with Crippen LogP contribution < -0.4 is 4.57 Å². The van der Waals surface area contributed by atoms with Gasteiger partial charge in [0.2, 0.25) is 12.3 Å². The molecule has 0 radical (unpaired) electrons. The molecule has 2 heterocycles. The molecule has 3 rings (SSSR count). The fourth-order valence-corrected chi connectivity index (χ4v) is 2.22. The summed E-state index contributed by atoms with van der Waals surface area (Å²) in [4.78, 5) is 16.5. The number of halogens is 1. The summed E-state index contributed by atoms with van der Waals surface area (Å²) < 4.78 is 1.75. The van der Waals surface area contributed by atoms with E-state index in [1.807, 2.05) is 42.7 Å². The minimum absolute atomic E-state index is 0. The molecule has 0 aliphatic rings. The lowest BCUT2D eigenvalue weighted by molar-refractivity contribution is -0.683. The van der Waals surface area contributed by atoms with Crippen molar-refractivity contribution >= 4 is 18.2 Å². The minimum atomic E-state index is -0.300. The molecule has 0 aliphatic carbocycles. The molecule has 2 N–H and O–H groups in total. The first kappa shape index (κ1) is 17.4. The molecule has 1 aromatic carbocycles. The van der Waals surface area contributed by atoms with Crippen molar-refractivity contribution in [2.24, 2.45) is 0 Å². The summed E-state index contributed by atoms with van der Waals surface area (Å²) in [5, 5.41) is 18.7. The Morgan fingerprint density at radius 1 is 1.00 bits per heavy atom. The minimum Gasteiger partial charge on any atom is -0.504 e. The number of hydrogen-bond donors (Lipinski definition) is 2. The van der Waals surface area contributed by atoms with Crippen molar-refractivity contribution in [3.63, 3.8) is 0 Å². The maximum Gasteiger partial charge on any atom is 0.227 e. The number of carbonyl (C=O) groups excluding carboxylic acids is 1. The van der Waals surface area contributed by atoms with Gasteiger partial charge in [0.15, 0.2) is 23.9 Å². The Bertz CT molecular complexity index is 837. The Morgan fingerprint density at radius 2 is 1.75 bits per heavy atom. The van der Waals surface area contributed by atoms with Gasteiger partial charge in [-0.3, -0.25) is 9.78 Å². The number of phenolic OH excluding ortho intramolecular Hbond substituents is 2. The van der Waals surface area contributed by atoms with Crippen LogP contribution in [0.4, 0.5) is 0 Å². The summed E-state index contributed by atoms with van der Waals surface area (Å²) in [6.45, 7) is 0.146. The second-order valence-corrected chi connectivity index (χ2v) is 5.10. The van der Waals surface area contributed by atoms with Gasteiger partial charge in [-0.15, -0.1) is 12.4 Å². The first-order chi connectivity index (χ1) is 11.1. The van der Waals surface area contributed by atoms with Crippen molar-refractivity contribution in [3.05, 3.63) is 72.7 Å². The fourth-order valence-electron chi connectivity index (χ4n) is 2.22. The smallest absolute Gasteiger partial charge is 0.227 e. The lowest BCUT2D eigenvalue weighted by Crippen LogP contribution is -2.37. The lowest BCUT2D eigenvalue weighted by Gasteiger charge is -2.02. The fraction of sp³-hybridized carbons (Fsp3) is 0.0556. The molecule has 2 aromatic heterocycles. The Labute approximate surface area is 145 Å². The van der Waals surface area contributed by atoms with Crippen LogP contribution in [-0.2, 0) is 6.54 Å². The van der Waals surface area contributed by atoms with Crippen LogP contribution in [0.1, 0.15) is 10.4 Å². The van der Waals surface area contributed by atoms with Crippen LogP contribution in [0.2, 0.25) is 0 Å². The molecular weight excluding hydrogens is 328 g/mol. The van der Waals surface area contributed by atoms with Crippen molar-refractivity contribution in [1.82, 2.24) is 4.98 Å². The van der Waals surface area contributed by atoms with E-state index in [1.165, 1.54) is 18.2 Å². The van der Waals surface area contributed by atoms with Gasteiger partial charge in [-0.1, -0.05) is 6.07 Å². The third-order valence-corrected chi connectivity index (χ3v) is 3.48. The van der Waals surface area contributed by atoms with Crippen LogP contribution in [0.3, 0.4) is 0 Å². The Morgan fingerprint density at radius 3 is 2.38 bits per heavy atom. The number of rotatable bonds is 4. The quantitative estimate of drug-likeness (QED) is 0.434. The van der Waals surface area contributed by atoms with E-state index in [4.69, 9.17) is 0 Å². The van der Waals surface area contributed by atoms with Crippen molar-refractivity contribution in [2.45, 2.75) is 6.54 Å². The summed E-state index contributed by atoms with van der Waals surface area (Å²) in [6.07, 6.45) is 5.35. The van der Waals surface area contributed by atoms with Crippen molar-refractivity contribution in [2.75, 3.05) is 0 Å². The maximum atomic E-state index is 12.2. The molecule has 3 aromatic rings. The van der Waals surface area contributed by atoms with E-state index in [0.29, 0.717) is 5.56 Å². The van der Waals surface area contributed by atoms with E-state index < -0.39 is 0 Å². The third kappa shape index (κ3) is 3.88. The molecular formula is C18H16ClN2O3+. The normalized spacial score (nSPS) is 10.0. The second-order valence-electron chi connectivity index (χ2n) is 5.10. The number of phenols is 2. The number of nitrogens with zero attached hydrogens (tertiary/aromatic N) is 2. The highest BCUT2D eigenvalue weighted by molar-refractivity contribution is 5.95. The molecule has 0 spiro atoms. The van der Waals surface area contributed by atoms with E-state index in [-0.39, 0.29) is 36.2 Å². The Hall–Kier alpha value is -2.92. The molecule has 0 amide bonds. The van der Waals surface area contributed by atoms with Gasteiger partial charge in [-0.25, -0.2) is 0 Å². The molecule has 24 heavy (non-hydrogen) atoms. The topological polar surface area (TPSA) is 74.3 Å². The first-order valence-corrected chi connectivity index (χ1v) is 7.09. The van der Waals surface area contributed by atoms with Crippen molar-refractivity contribution in [3.8, 4) is 22.8 Å². The highest BCUT2D eigenvalue weighted by atomic mass is 35.5. The number of aromatic nitrogens is 2. The van der Waals surface area contributed by atoms with Crippen LogP contribution in [0, 0.1) is 0 Å². The average molecular weight is 344 g/mol. The monoisotopic (exact) mass is 343 g/mol. The van der Waals surface area contributed by atoms with Crippen LogP contribution in [0.25, 0.3) is 11.3 Å². The molecule has 0 unspecified atom stereocenters. The molecule has 122 valence electrons. The summed E-state index contributed by atoms with van der Waals surface area (Å²) in [5.74, 6) is -0.698. The van der Waals surface area contributed by atoms with Crippen LogP contribution in [-0.4, -0.2) is 21.0 Å². The highest BCUT2D eigenvalue weighted by Gasteiger charge is 2.14. The van der Waals surface area contributed by atoms with Gasteiger partial charge in [-0.2, -0.15) is 4.57 Å². The van der Waals surface area contributed by atoms with Crippen molar-refractivity contribution < 1.29 is 19.6 Å². The highest BCUT2D eigenvalue weighted by Crippen LogP contribution is 2.25. The van der Waals surface area contributed by atoms with Gasteiger partial charge < -0.3 is 10.2 Å². The number of aromatic hydroxyl groups is 2. The zero-order valence-corrected chi connectivity index (χ0v) is 13.5. The van der Waals surface area contributed by atoms with E-state index in [0.717, 1.165) is 11.3 Å². The summed E-state index contributed by atoms with van der Waals surface area (Å²) in [6, 6.07) is 13.5. The van der Waals surface area contributed by atoms with Crippen LogP contribution in [0.15, 0.2) is 67.1 Å². The number of Topliss-reactive ketones (excluding diaryl/α,β-unsaturated/α-hetero) is 1. The zero-order valence-electron chi connectivity index (χ0n) is 12.7. The predicted octanol–water partition coefficient (Wildman–Crippen LogP) is 2.75.